The molecule has 0 aliphatic carbocycles. The van der Waals surface area contributed by atoms with Crippen LogP contribution >= 0.6 is 0 Å². The molecule has 230 valence electrons. The molecule has 3 aromatic rings. The van der Waals surface area contributed by atoms with Gasteiger partial charge in [-0.3, -0.25) is 15.0 Å². The highest BCUT2D eigenvalue weighted by Crippen LogP contribution is 2.30. The Morgan fingerprint density at radius 3 is 2.40 bits per heavy atom. The molecule has 0 radical (unpaired) electrons. The second kappa shape index (κ2) is 15.1. The normalized spacial score (nSPS) is 17.1. The SMILES string of the molecule is CC(C)C[C@@H](C(=O)NN(c1cccc2ccccc12)S(C)(=O)=O)[C@H](C/C=C/c1ccccc1)C(=O)NOC1CCCCO1. The van der Waals surface area contributed by atoms with Crippen LogP contribution in [0.2, 0.25) is 0 Å². The van der Waals surface area contributed by atoms with Crippen LogP contribution in [0.25, 0.3) is 16.8 Å². The largest absolute Gasteiger partial charge is 0.350 e. The molecular weight excluding hydrogens is 566 g/mol. The third kappa shape index (κ3) is 9.13. The molecule has 43 heavy (non-hydrogen) atoms. The molecule has 9 nitrogen and oxygen atoms in total. The zero-order valence-electron chi connectivity index (χ0n) is 24.9. The predicted molar refractivity (Wildman–Crippen MR) is 169 cm³/mol. The summed E-state index contributed by atoms with van der Waals surface area (Å²) in [7, 11) is -3.94. The average molecular weight is 608 g/mol. The highest BCUT2D eigenvalue weighted by molar-refractivity contribution is 7.92. The zero-order chi connectivity index (χ0) is 30.8. The molecule has 1 unspecified atom stereocenters. The van der Waals surface area contributed by atoms with Crippen LogP contribution in [-0.4, -0.2) is 39.4 Å². The second-order valence-electron chi connectivity index (χ2n) is 11.3. The topological polar surface area (TPSA) is 114 Å². The number of allylic oxidation sites excluding steroid dienone is 1. The number of carbonyl (C=O) groups is 2. The Labute approximate surface area is 254 Å². The van der Waals surface area contributed by atoms with Gasteiger partial charge < -0.3 is 4.74 Å². The van der Waals surface area contributed by atoms with E-state index in [4.69, 9.17) is 9.57 Å². The van der Waals surface area contributed by atoms with E-state index in [9.17, 15) is 18.0 Å². The summed E-state index contributed by atoms with van der Waals surface area (Å²) in [6, 6.07) is 22.3. The van der Waals surface area contributed by atoms with Crippen LogP contribution in [0.15, 0.2) is 78.9 Å². The van der Waals surface area contributed by atoms with Gasteiger partial charge in [-0.1, -0.05) is 92.7 Å². The van der Waals surface area contributed by atoms with Crippen LogP contribution in [-0.2, 0) is 29.2 Å². The summed E-state index contributed by atoms with van der Waals surface area (Å²) in [4.78, 5) is 33.3. The number of ether oxygens (including phenoxy) is 1. The number of anilines is 1. The first kappa shape index (κ1) is 32.2. The third-order valence-electron chi connectivity index (χ3n) is 7.34. The summed E-state index contributed by atoms with van der Waals surface area (Å²) < 4.78 is 32.6. The Hall–Kier alpha value is -3.73. The quantitative estimate of drug-likeness (QED) is 0.245. The zero-order valence-corrected chi connectivity index (χ0v) is 25.8. The van der Waals surface area contributed by atoms with E-state index in [0.29, 0.717) is 30.5 Å². The van der Waals surface area contributed by atoms with Gasteiger partial charge in [0.2, 0.25) is 21.8 Å². The number of nitrogens with one attached hydrogen (secondary N) is 2. The van der Waals surface area contributed by atoms with Gasteiger partial charge in [0.1, 0.15) is 0 Å². The smallest absolute Gasteiger partial charge is 0.249 e. The van der Waals surface area contributed by atoms with Gasteiger partial charge in [-0.05, 0) is 48.6 Å². The minimum absolute atomic E-state index is 0.0380. The van der Waals surface area contributed by atoms with Crippen LogP contribution < -0.4 is 15.3 Å². The molecule has 0 aromatic heterocycles. The molecule has 2 amide bonds. The summed E-state index contributed by atoms with van der Waals surface area (Å²) in [5.41, 5.74) is 6.47. The third-order valence-corrected chi connectivity index (χ3v) is 8.29. The monoisotopic (exact) mass is 607 g/mol. The van der Waals surface area contributed by atoms with Crippen LogP contribution in [0.1, 0.15) is 51.5 Å². The first-order valence-corrected chi connectivity index (χ1v) is 16.6. The van der Waals surface area contributed by atoms with Crippen LogP contribution in [0.5, 0.6) is 0 Å². The Morgan fingerprint density at radius 2 is 1.70 bits per heavy atom. The van der Waals surface area contributed by atoms with E-state index in [2.05, 4.69) is 10.9 Å². The number of hydroxylamine groups is 1. The molecule has 1 saturated heterocycles. The van der Waals surface area contributed by atoms with Crippen LogP contribution in [0, 0.1) is 17.8 Å². The standard InChI is InChI=1S/C33H41N3O6S/c1-24(2)23-29(32(37)34-36(43(3,39)40)30-20-12-17-26-16-7-8-18-27(26)30)28(19-11-15-25-13-5-4-6-14-25)33(38)35-42-31-21-9-10-22-41-31/h4-8,11-18,20,24,28-29,31H,9-10,19,21-23H2,1-3H3,(H,34,37)(H,35,38)/b15-11+/t28-,29+,31?/m0/s1. The first-order chi connectivity index (χ1) is 20.6. The van der Waals surface area contributed by atoms with Crippen molar-refractivity contribution in [1.29, 1.82) is 0 Å². The van der Waals surface area contributed by atoms with Gasteiger partial charge in [0.25, 0.3) is 0 Å². The summed E-state index contributed by atoms with van der Waals surface area (Å²) in [6.45, 7) is 4.47. The van der Waals surface area contributed by atoms with E-state index in [1.165, 1.54) is 0 Å². The lowest BCUT2D eigenvalue weighted by molar-refractivity contribution is -0.203. The number of fused-ring (bicyclic) bond motifs is 1. The van der Waals surface area contributed by atoms with E-state index in [-0.39, 0.29) is 12.3 Å². The molecule has 0 saturated carbocycles. The highest BCUT2D eigenvalue weighted by atomic mass is 32.2. The maximum atomic E-state index is 14.0. The lowest BCUT2D eigenvalue weighted by Gasteiger charge is -2.31. The van der Waals surface area contributed by atoms with Gasteiger partial charge in [-0.2, -0.15) is 4.41 Å². The fourth-order valence-corrected chi connectivity index (χ4v) is 6.00. The van der Waals surface area contributed by atoms with Crippen molar-refractivity contribution in [1.82, 2.24) is 10.9 Å². The number of nitrogens with zero attached hydrogens (tertiary/aromatic N) is 1. The maximum Gasteiger partial charge on any atom is 0.249 e. The van der Waals surface area contributed by atoms with Crippen molar-refractivity contribution in [2.45, 2.75) is 52.2 Å². The van der Waals surface area contributed by atoms with Gasteiger partial charge >= 0.3 is 0 Å². The van der Waals surface area contributed by atoms with Gasteiger partial charge in [0.05, 0.1) is 23.8 Å². The van der Waals surface area contributed by atoms with E-state index in [0.717, 1.165) is 34.5 Å². The van der Waals surface area contributed by atoms with Crippen LogP contribution in [0.3, 0.4) is 0 Å². The van der Waals surface area contributed by atoms with Gasteiger partial charge in [0.15, 0.2) is 6.29 Å². The number of hydrogen-bond acceptors (Lipinski definition) is 6. The summed E-state index contributed by atoms with van der Waals surface area (Å²) >= 11 is 0. The van der Waals surface area contributed by atoms with Crippen molar-refractivity contribution >= 4 is 44.4 Å². The Morgan fingerprint density at radius 1 is 0.977 bits per heavy atom. The van der Waals surface area contributed by atoms with E-state index < -0.39 is 40.0 Å². The molecule has 4 rings (SSSR count). The number of hydrogen-bond donors (Lipinski definition) is 2. The minimum atomic E-state index is -3.94. The van der Waals surface area contributed by atoms with E-state index >= 15 is 0 Å². The van der Waals surface area contributed by atoms with Crippen molar-refractivity contribution in [2.75, 3.05) is 17.3 Å². The lowest BCUT2D eigenvalue weighted by Crippen LogP contribution is -2.51. The molecule has 3 aromatic carbocycles. The Bertz CT molecular complexity index is 1500. The molecule has 2 N–H and O–H groups in total. The molecule has 3 atom stereocenters. The van der Waals surface area contributed by atoms with Gasteiger partial charge in [-0.25, -0.2) is 18.7 Å². The lowest BCUT2D eigenvalue weighted by atomic mass is 9.82. The van der Waals surface area contributed by atoms with Crippen molar-refractivity contribution in [3.8, 4) is 0 Å². The number of sulfonamides is 1. The molecule has 10 heteroatoms. The fourth-order valence-electron chi connectivity index (χ4n) is 5.22. The van der Waals surface area contributed by atoms with E-state index in [1.54, 1.807) is 18.2 Å². The molecule has 1 aliphatic heterocycles. The Kier molecular flexibility index (Phi) is 11.3. The second-order valence-corrected chi connectivity index (χ2v) is 13.1. The molecule has 1 heterocycles. The Balaban J connectivity index is 1.64. The van der Waals surface area contributed by atoms with Crippen molar-refractivity contribution in [2.24, 2.45) is 17.8 Å². The summed E-state index contributed by atoms with van der Waals surface area (Å²) in [6.07, 6.45) is 7.33. The van der Waals surface area contributed by atoms with Crippen molar-refractivity contribution in [3.05, 3.63) is 84.4 Å². The molecule has 0 bridgehead atoms. The van der Waals surface area contributed by atoms with E-state index in [1.807, 2.05) is 80.6 Å². The molecule has 1 fully saturated rings. The summed E-state index contributed by atoms with van der Waals surface area (Å²) in [5, 5.41) is 1.49. The number of hydrazine groups is 1. The number of rotatable bonds is 13. The minimum Gasteiger partial charge on any atom is -0.350 e. The number of benzene rings is 3. The summed E-state index contributed by atoms with van der Waals surface area (Å²) in [5.74, 6) is -2.72. The van der Waals surface area contributed by atoms with Crippen LogP contribution in [0.4, 0.5) is 5.69 Å². The number of amides is 2. The predicted octanol–water partition coefficient (Wildman–Crippen LogP) is 5.59. The van der Waals surface area contributed by atoms with Gasteiger partial charge in [-0.15, -0.1) is 0 Å². The maximum absolute atomic E-state index is 14.0. The number of carbonyl (C=O) groups excluding carboxylic acids is 2. The van der Waals surface area contributed by atoms with Crippen molar-refractivity contribution in [3.63, 3.8) is 0 Å². The molecular formula is C33H41N3O6S. The molecule has 0 spiro atoms. The van der Waals surface area contributed by atoms with Crippen molar-refractivity contribution < 1.29 is 27.6 Å². The molecule has 1 aliphatic rings. The van der Waals surface area contributed by atoms with Gasteiger partial charge in [0, 0.05) is 18.4 Å². The first-order valence-electron chi connectivity index (χ1n) is 14.7. The fraction of sp³-hybridized carbons (Fsp3) is 0.394. The average Bonchev–Trinajstić information content (AvgIpc) is 3.00. The highest BCUT2D eigenvalue weighted by Gasteiger charge is 2.36.